The molecule has 3 fully saturated rings. The summed E-state index contributed by atoms with van der Waals surface area (Å²) < 4.78 is 46.9. The van der Waals surface area contributed by atoms with Crippen LogP contribution in [0.2, 0.25) is 0 Å². The second kappa shape index (κ2) is 8.77. The Hall–Kier alpha value is -3.37. The van der Waals surface area contributed by atoms with Gasteiger partial charge in [0.25, 0.3) is 5.91 Å². The largest absolute Gasteiger partial charge is 0.573 e. The first-order chi connectivity index (χ1) is 16.2. The molecule has 1 aromatic carbocycles. The molecule has 1 saturated carbocycles. The Morgan fingerprint density at radius 1 is 1.06 bits per heavy atom. The van der Waals surface area contributed by atoms with Crippen molar-refractivity contribution in [2.24, 2.45) is 0 Å². The monoisotopic (exact) mass is 476 g/mol. The molecule has 3 aliphatic rings. The Balaban J connectivity index is 1.22. The molecule has 0 bridgehead atoms. The molecule has 34 heavy (non-hydrogen) atoms. The number of ether oxygens (including phenoxy) is 2. The molecule has 3 heterocycles. The van der Waals surface area contributed by atoms with Crippen LogP contribution in [0.15, 0.2) is 36.7 Å². The lowest BCUT2D eigenvalue weighted by Crippen LogP contribution is -2.40. The number of hydrogen-bond donors (Lipinski definition) is 0. The van der Waals surface area contributed by atoms with Gasteiger partial charge in [0.15, 0.2) is 0 Å². The fourth-order valence-electron chi connectivity index (χ4n) is 4.47. The summed E-state index contributed by atoms with van der Waals surface area (Å²) in [7, 11) is 0. The Kier molecular flexibility index (Phi) is 5.78. The van der Waals surface area contributed by atoms with Gasteiger partial charge in [0, 0.05) is 37.4 Å². The van der Waals surface area contributed by atoms with Crippen LogP contribution in [0.25, 0.3) is 0 Å². The van der Waals surface area contributed by atoms with Crippen LogP contribution in [-0.4, -0.2) is 69.7 Å². The van der Waals surface area contributed by atoms with Crippen LogP contribution in [-0.2, 0) is 4.79 Å². The second-order valence-electron chi connectivity index (χ2n) is 8.80. The number of aromatic nitrogens is 2. The van der Waals surface area contributed by atoms with E-state index in [4.69, 9.17) is 4.74 Å². The molecule has 5 rings (SSSR count). The number of carbonyl (C=O) groups excluding carboxylic acids is 2. The number of hydrogen-bond acceptors (Lipinski definition) is 6. The number of nitrogens with zero attached hydrogens (tertiary/aromatic N) is 4. The smallest absolute Gasteiger partial charge is 0.471 e. The molecule has 2 aromatic rings. The Morgan fingerprint density at radius 2 is 1.82 bits per heavy atom. The molecule has 11 heteroatoms. The van der Waals surface area contributed by atoms with E-state index >= 15 is 0 Å². The van der Waals surface area contributed by atoms with Crippen LogP contribution in [0.4, 0.5) is 13.2 Å². The second-order valence-corrected chi connectivity index (χ2v) is 8.80. The summed E-state index contributed by atoms with van der Waals surface area (Å²) in [6.07, 6.45) is 1.27. The van der Waals surface area contributed by atoms with Crippen molar-refractivity contribution in [1.29, 1.82) is 0 Å². The van der Waals surface area contributed by atoms with Crippen molar-refractivity contribution in [2.45, 2.75) is 50.1 Å². The molecule has 0 unspecified atom stereocenters. The predicted octanol–water partition coefficient (Wildman–Crippen LogP) is 3.15. The van der Waals surface area contributed by atoms with Crippen molar-refractivity contribution >= 4 is 11.8 Å². The Morgan fingerprint density at radius 3 is 2.47 bits per heavy atom. The van der Waals surface area contributed by atoms with Gasteiger partial charge < -0.3 is 19.3 Å². The van der Waals surface area contributed by atoms with Gasteiger partial charge in [0.1, 0.15) is 11.9 Å². The quantitative estimate of drug-likeness (QED) is 0.659. The minimum absolute atomic E-state index is 0.0597. The average Bonchev–Trinajstić information content (AvgIpc) is 3.59. The van der Waals surface area contributed by atoms with E-state index in [0.717, 1.165) is 30.7 Å². The molecule has 2 saturated heterocycles. The fourth-order valence-corrected chi connectivity index (χ4v) is 4.47. The zero-order chi connectivity index (χ0) is 23.9. The number of rotatable bonds is 5. The highest BCUT2D eigenvalue weighted by molar-refractivity contribution is 5.95. The molecule has 0 N–H and O–H groups in total. The van der Waals surface area contributed by atoms with E-state index in [1.807, 2.05) is 0 Å². The van der Waals surface area contributed by atoms with Crippen molar-refractivity contribution in [3.05, 3.63) is 47.9 Å². The third-order valence-corrected chi connectivity index (χ3v) is 6.28. The van der Waals surface area contributed by atoms with Crippen LogP contribution < -0.4 is 9.47 Å². The van der Waals surface area contributed by atoms with Crippen molar-refractivity contribution < 1.29 is 32.2 Å². The third kappa shape index (κ3) is 5.07. The number of alkyl halides is 3. The van der Waals surface area contributed by atoms with E-state index in [1.165, 1.54) is 12.1 Å². The highest BCUT2D eigenvalue weighted by atomic mass is 19.4. The van der Waals surface area contributed by atoms with Crippen molar-refractivity contribution in [3.8, 4) is 11.6 Å². The lowest BCUT2D eigenvalue weighted by atomic mass is 10.1. The zero-order valence-electron chi connectivity index (χ0n) is 18.2. The van der Waals surface area contributed by atoms with Gasteiger partial charge in [-0.25, -0.2) is 4.98 Å². The molecule has 0 spiro atoms. The topological polar surface area (TPSA) is 84.9 Å². The average molecular weight is 476 g/mol. The summed E-state index contributed by atoms with van der Waals surface area (Å²) in [6, 6.07) is 4.57. The Bertz CT molecular complexity index is 1060. The van der Waals surface area contributed by atoms with Gasteiger partial charge in [0.05, 0.1) is 30.7 Å². The SMILES string of the molecule is O=C(c1ccc(OC(F)(F)F)cc1)N1CCC(=O)N2C[C@H](Oc3cnc(C4CC4)cn3)C[C@@H]2C1. The summed E-state index contributed by atoms with van der Waals surface area (Å²) in [5, 5.41) is 0. The lowest BCUT2D eigenvalue weighted by Gasteiger charge is -2.25. The summed E-state index contributed by atoms with van der Waals surface area (Å²) in [4.78, 5) is 37.7. The molecule has 0 radical (unpaired) electrons. The molecule has 1 aliphatic carbocycles. The van der Waals surface area contributed by atoms with Crippen LogP contribution >= 0.6 is 0 Å². The van der Waals surface area contributed by atoms with Crippen molar-refractivity contribution in [1.82, 2.24) is 19.8 Å². The van der Waals surface area contributed by atoms with Crippen LogP contribution in [0.3, 0.4) is 0 Å². The van der Waals surface area contributed by atoms with Crippen molar-refractivity contribution in [3.63, 3.8) is 0 Å². The molecular weight excluding hydrogens is 453 g/mol. The van der Waals surface area contributed by atoms with E-state index < -0.39 is 12.1 Å². The number of fused-ring (bicyclic) bond motifs is 1. The van der Waals surface area contributed by atoms with Crippen LogP contribution in [0.1, 0.15) is 47.7 Å². The fraction of sp³-hybridized carbons (Fsp3) is 0.478. The normalized spacial score (nSPS) is 22.9. The summed E-state index contributed by atoms with van der Waals surface area (Å²) >= 11 is 0. The Labute approximate surface area is 193 Å². The van der Waals surface area contributed by atoms with Gasteiger partial charge in [-0.1, -0.05) is 0 Å². The van der Waals surface area contributed by atoms with Gasteiger partial charge >= 0.3 is 6.36 Å². The minimum Gasteiger partial charge on any atom is -0.471 e. The highest BCUT2D eigenvalue weighted by Crippen LogP contribution is 2.38. The molecule has 2 atom stereocenters. The molecule has 2 aliphatic heterocycles. The molecule has 8 nitrogen and oxygen atoms in total. The molecule has 180 valence electrons. The van der Waals surface area contributed by atoms with E-state index in [2.05, 4.69) is 14.7 Å². The van der Waals surface area contributed by atoms with Gasteiger partial charge in [-0.15, -0.1) is 13.2 Å². The van der Waals surface area contributed by atoms with Crippen LogP contribution in [0.5, 0.6) is 11.6 Å². The van der Waals surface area contributed by atoms with Gasteiger partial charge in [-0.05, 0) is 37.1 Å². The summed E-state index contributed by atoms with van der Waals surface area (Å²) in [6.45, 7) is 0.962. The first kappa shape index (κ1) is 22.4. The molecular formula is C23H23F3N4O4. The lowest BCUT2D eigenvalue weighted by molar-refractivity contribution is -0.274. The third-order valence-electron chi connectivity index (χ3n) is 6.28. The first-order valence-corrected chi connectivity index (χ1v) is 11.2. The maximum atomic E-state index is 13.0. The van der Waals surface area contributed by atoms with Gasteiger partial charge in [-0.2, -0.15) is 0 Å². The number of halogens is 3. The van der Waals surface area contributed by atoms with Crippen LogP contribution in [0, 0.1) is 0 Å². The zero-order valence-corrected chi connectivity index (χ0v) is 18.2. The van der Waals surface area contributed by atoms with Gasteiger partial charge in [-0.3, -0.25) is 14.6 Å². The molecule has 1 aromatic heterocycles. The predicted molar refractivity (Wildman–Crippen MR) is 112 cm³/mol. The summed E-state index contributed by atoms with van der Waals surface area (Å²) in [5.41, 5.74) is 1.20. The molecule has 2 amide bonds. The summed E-state index contributed by atoms with van der Waals surface area (Å²) in [5.74, 6) is 0.105. The number of amides is 2. The minimum atomic E-state index is -4.80. The van der Waals surface area contributed by atoms with E-state index in [0.29, 0.717) is 31.3 Å². The van der Waals surface area contributed by atoms with E-state index in [-0.39, 0.29) is 42.5 Å². The maximum Gasteiger partial charge on any atom is 0.573 e. The number of benzene rings is 1. The maximum absolute atomic E-state index is 13.0. The van der Waals surface area contributed by atoms with Crippen molar-refractivity contribution in [2.75, 3.05) is 19.6 Å². The standard InChI is InChI=1S/C23H23F3N4O4/c24-23(25,26)34-17-5-3-15(4-6-17)22(32)29-8-7-21(31)30-13-18(9-16(30)12-29)33-20-11-27-19(10-28-20)14-1-2-14/h3-6,10-11,14,16,18H,1-2,7-9,12-13H2/t16-,18-/m1/s1. The van der Waals surface area contributed by atoms with E-state index in [1.54, 1.807) is 22.2 Å². The first-order valence-electron chi connectivity index (χ1n) is 11.2. The van der Waals surface area contributed by atoms with E-state index in [9.17, 15) is 22.8 Å². The highest BCUT2D eigenvalue weighted by Gasteiger charge is 2.40. The number of carbonyl (C=O) groups is 2. The van der Waals surface area contributed by atoms with Gasteiger partial charge in [0.2, 0.25) is 11.8 Å².